The van der Waals surface area contributed by atoms with Crippen molar-refractivity contribution < 1.29 is 0 Å². The van der Waals surface area contributed by atoms with E-state index in [4.69, 9.17) is 0 Å². The summed E-state index contributed by atoms with van der Waals surface area (Å²) in [6.07, 6.45) is 3.66. The van der Waals surface area contributed by atoms with Gasteiger partial charge in [-0.1, -0.05) is 48.8 Å². The van der Waals surface area contributed by atoms with Crippen LogP contribution in [0, 0.1) is 0 Å². The van der Waals surface area contributed by atoms with Gasteiger partial charge >= 0.3 is 0 Å². The van der Waals surface area contributed by atoms with Crippen molar-refractivity contribution in [3.63, 3.8) is 0 Å². The summed E-state index contributed by atoms with van der Waals surface area (Å²) in [5, 5.41) is 3.62. The van der Waals surface area contributed by atoms with Gasteiger partial charge in [-0.25, -0.2) is 0 Å². The van der Waals surface area contributed by atoms with Gasteiger partial charge in [-0.05, 0) is 63.1 Å². The second-order valence-corrected chi connectivity index (χ2v) is 6.21. The van der Waals surface area contributed by atoms with E-state index in [0.29, 0.717) is 6.04 Å². The number of hydrogen-bond acceptors (Lipinski definition) is 2. The molecule has 3 heteroatoms. The number of benzene rings is 1. The minimum atomic E-state index is 0.462. The molecule has 1 unspecified atom stereocenters. The Bertz CT molecular complexity index is 345. The molecule has 0 saturated heterocycles. The van der Waals surface area contributed by atoms with E-state index in [-0.39, 0.29) is 0 Å². The molecule has 1 rings (SSSR count). The van der Waals surface area contributed by atoms with Crippen molar-refractivity contribution in [3.8, 4) is 0 Å². The molecule has 1 N–H and O–H groups in total. The Hall–Kier alpha value is -0.380. The van der Waals surface area contributed by atoms with Crippen molar-refractivity contribution in [3.05, 3.63) is 34.3 Å². The summed E-state index contributed by atoms with van der Waals surface area (Å²) in [4.78, 5) is 2.59. The minimum absolute atomic E-state index is 0.462. The Kier molecular flexibility index (Phi) is 9.16. The maximum Gasteiger partial charge on any atom is 0.0332 e. The zero-order valence-electron chi connectivity index (χ0n) is 13.2. The van der Waals surface area contributed by atoms with E-state index in [9.17, 15) is 0 Å². The van der Waals surface area contributed by atoms with Gasteiger partial charge in [-0.15, -0.1) is 0 Å². The van der Waals surface area contributed by atoms with Gasteiger partial charge in [0, 0.05) is 10.5 Å². The Labute approximate surface area is 133 Å². The van der Waals surface area contributed by atoms with E-state index >= 15 is 0 Å². The summed E-state index contributed by atoms with van der Waals surface area (Å²) < 4.78 is 1.15. The summed E-state index contributed by atoms with van der Waals surface area (Å²) in [6.45, 7) is 11.3. The molecule has 0 aliphatic heterocycles. The van der Waals surface area contributed by atoms with E-state index < -0.39 is 0 Å². The van der Waals surface area contributed by atoms with Gasteiger partial charge in [0.2, 0.25) is 0 Å². The van der Waals surface area contributed by atoms with Crippen LogP contribution in [0.2, 0.25) is 0 Å². The lowest BCUT2D eigenvalue weighted by Crippen LogP contribution is -2.30. The highest BCUT2D eigenvalue weighted by Gasteiger charge is 2.12. The van der Waals surface area contributed by atoms with Crippen LogP contribution in [0.4, 0.5) is 0 Å². The summed E-state index contributed by atoms with van der Waals surface area (Å²) in [7, 11) is 0. The number of nitrogens with one attached hydrogen (secondary N) is 1. The van der Waals surface area contributed by atoms with Gasteiger partial charge in [0.1, 0.15) is 0 Å². The van der Waals surface area contributed by atoms with Crippen molar-refractivity contribution >= 4 is 15.9 Å². The molecule has 0 aliphatic carbocycles. The van der Waals surface area contributed by atoms with Crippen LogP contribution in [0.15, 0.2) is 28.7 Å². The first-order valence-electron chi connectivity index (χ1n) is 7.92. The summed E-state index contributed by atoms with van der Waals surface area (Å²) in [6, 6.07) is 9.18. The largest absolute Gasteiger partial charge is 0.310 e. The second kappa shape index (κ2) is 10.4. The van der Waals surface area contributed by atoms with Gasteiger partial charge in [-0.2, -0.15) is 0 Å². The van der Waals surface area contributed by atoms with E-state index in [1.807, 2.05) is 0 Å². The van der Waals surface area contributed by atoms with Crippen molar-refractivity contribution in [2.24, 2.45) is 0 Å². The van der Waals surface area contributed by atoms with E-state index in [0.717, 1.165) is 11.0 Å². The third-order valence-electron chi connectivity index (χ3n) is 3.54. The lowest BCUT2D eigenvalue weighted by atomic mass is 10.0. The third kappa shape index (κ3) is 6.38. The fraction of sp³-hybridized carbons (Fsp3) is 0.647. The smallest absolute Gasteiger partial charge is 0.0332 e. The van der Waals surface area contributed by atoms with Crippen LogP contribution in [-0.4, -0.2) is 31.1 Å². The second-order valence-electron chi connectivity index (χ2n) is 5.29. The number of nitrogens with zero attached hydrogens (tertiary/aromatic N) is 1. The molecule has 1 atom stereocenters. The fourth-order valence-electron chi connectivity index (χ4n) is 2.61. The molecule has 0 amide bonds. The van der Waals surface area contributed by atoms with E-state index in [1.54, 1.807) is 0 Å². The zero-order valence-corrected chi connectivity index (χ0v) is 14.7. The first-order chi connectivity index (χ1) is 9.71. The highest BCUT2D eigenvalue weighted by atomic mass is 79.9. The Balaban J connectivity index is 2.59. The summed E-state index contributed by atoms with van der Waals surface area (Å²) >= 11 is 3.51. The average Bonchev–Trinajstić information content (AvgIpc) is 2.45. The third-order valence-corrected chi connectivity index (χ3v) is 4.07. The monoisotopic (exact) mass is 340 g/mol. The van der Waals surface area contributed by atoms with Gasteiger partial charge in [0.15, 0.2) is 0 Å². The van der Waals surface area contributed by atoms with Crippen LogP contribution in [0.3, 0.4) is 0 Å². The van der Waals surface area contributed by atoms with Crippen molar-refractivity contribution in [2.75, 3.05) is 26.2 Å². The molecule has 1 aromatic carbocycles. The molecule has 0 bridgehead atoms. The topological polar surface area (TPSA) is 15.3 Å². The summed E-state index contributed by atoms with van der Waals surface area (Å²) in [5.41, 5.74) is 1.39. The quantitative estimate of drug-likeness (QED) is 0.668. The predicted octanol–water partition coefficient (Wildman–Crippen LogP) is 4.61. The van der Waals surface area contributed by atoms with Crippen molar-refractivity contribution in [2.45, 2.75) is 46.1 Å². The lowest BCUT2D eigenvalue weighted by molar-refractivity contribution is 0.257. The molecule has 2 nitrogen and oxygen atoms in total. The fourth-order valence-corrected chi connectivity index (χ4v) is 2.87. The molecule has 0 saturated carbocycles. The molecular weight excluding hydrogens is 312 g/mol. The normalized spacial score (nSPS) is 12.8. The molecule has 0 radical (unpaired) electrons. The molecule has 1 aromatic rings. The first kappa shape index (κ1) is 17.7. The van der Waals surface area contributed by atoms with Gasteiger partial charge in [0.05, 0.1) is 0 Å². The molecule has 20 heavy (non-hydrogen) atoms. The zero-order chi connectivity index (χ0) is 14.8. The minimum Gasteiger partial charge on any atom is -0.310 e. The Morgan fingerprint density at radius 3 is 2.10 bits per heavy atom. The van der Waals surface area contributed by atoms with Crippen molar-refractivity contribution in [1.82, 2.24) is 10.2 Å². The maximum absolute atomic E-state index is 3.62. The SMILES string of the molecule is CCCN(CCC)CCC(NCC)c1ccc(Br)cc1. The van der Waals surface area contributed by atoms with E-state index in [2.05, 4.69) is 71.2 Å². The predicted molar refractivity (Wildman–Crippen MR) is 92.2 cm³/mol. The lowest BCUT2D eigenvalue weighted by Gasteiger charge is -2.25. The Morgan fingerprint density at radius 2 is 1.60 bits per heavy atom. The Morgan fingerprint density at radius 1 is 1.00 bits per heavy atom. The molecule has 0 fully saturated rings. The van der Waals surface area contributed by atoms with Crippen LogP contribution >= 0.6 is 15.9 Å². The van der Waals surface area contributed by atoms with Gasteiger partial charge < -0.3 is 10.2 Å². The molecule has 0 aliphatic rings. The van der Waals surface area contributed by atoms with Crippen LogP contribution < -0.4 is 5.32 Å². The van der Waals surface area contributed by atoms with Gasteiger partial charge in [0.25, 0.3) is 0 Å². The highest BCUT2D eigenvalue weighted by Crippen LogP contribution is 2.20. The van der Waals surface area contributed by atoms with Gasteiger partial charge in [-0.3, -0.25) is 0 Å². The number of rotatable bonds is 10. The van der Waals surface area contributed by atoms with Crippen LogP contribution in [0.1, 0.15) is 51.6 Å². The molecule has 114 valence electrons. The molecular formula is C17H29BrN2. The standard InChI is InChI=1S/C17H29BrN2/c1-4-12-20(13-5-2)14-11-17(19-6-3)15-7-9-16(18)10-8-15/h7-10,17,19H,4-6,11-14H2,1-3H3. The van der Waals surface area contributed by atoms with Crippen LogP contribution in [-0.2, 0) is 0 Å². The highest BCUT2D eigenvalue weighted by molar-refractivity contribution is 9.10. The molecule has 0 aromatic heterocycles. The maximum atomic E-state index is 3.62. The average molecular weight is 341 g/mol. The van der Waals surface area contributed by atoms with Crippen LogP contribution in [0.5, 0.6) is 0 Å². The first-order valence-corrected chi connectivity index (χ1v) is 8.71. The van der Waals surface area contributed by atoms with Crippen molar-refractivity contribution in [1.29, 1.82) is 0 Å². The number of hydrogen-bond donors (Lipinski definition) is 1. The molecule has 0 heterocycles. The van der Waals surface area contributed by atoms with Crippen LogP contribution in [0.25, 0.3) is 0 Å². The van der Waals surface area contributed by atoms with E-state index in [1.165, 1.54) is 44.5 Å². The number of halogens is 1. The summed E-state index contributed by atoms with van der Waals surface area (Å²) in [5.74, 6) is 0. The molecule has 0 spiro atoms.